The van der Waals surface area contributed by atoms with Gasteiger partial charge in [0.2, 0.25) is 0 Å². The molecule has 96 valence electrons. The highest BCUT2D eigenvalue weighted by molar-refractivity contribution is 6.31. The average molecular weight is 262 g/mol. The molecule has 0 saturated heterocycles. The first-order valence-electron chi connectivity index (χ1n) is 6.29. The van der Waals surface area contributed by atoms with Gasteiger partial charge >= 0.3 is 0 Å². The van der Waals surface area contributed by atoms with Gasteiger partial charge in [0.1, 0.15) is 0 Å². The Hall–Kier alpha value is -1.21. The van der Waals surface area contributed by atoms with Crippen molar-refractivity contribution in [1.82, 2.24) is 0 Å². The standard InChI is InChI=1S/C16H20ClN/c1-11-7-14(10-16(3,4)9-11)18-13-6-5-12(2)15(17)8-13/h5-8,10,18H,9H2,1-4H3. The van der Waals surface area contributed by atoms with Crippen LogP contribution in [0, 0.1) is 12.3 Å². The summed E-state index contributed by atoms with van der Waals surface area (Å²) < 4.78 is 0. The third-order valence-electron chi connectivity index (χ3n) is 3.14. The van der Waals surface area contributed by atoms with Gasteiger partial charge in [0.05, 0.1) is 0 Å². The number of halogens is 1. The zero-order valence-electron chi connectivity index (χ0n) is 11.5. The minimum atomic E-state index is 0.218. The van der Waals surface area contributed by atoms with E-state index in [-0.39, 0.29) is 5.41 Å². The number of aryl methyl sites for hydroxylation is 1. The van der Waals surface area contributed by atoms with Gasteiger partial charge in [0, 0.05) is 16.4 Å². The van der Waals surface area contributed by atoms with E-state index in [4.69, 9.17) is 11.6 Å². The summed E-state index contributed by atoms with van der Waals surface area (Å²) in [6, 6.07) is 6.07. The molecule has 2 heteroatoms. The molecule has 1 nitrogen and oxygen atoms in total. The molecule has 0 spiro atoms. The van der Waals surface area contributed by atoms with E-state index >= 15 is 0 Å². The van der Waals surface area contributed by atoms with Crippen molar-refractivity contribution in [3.05, 3.63) is 52.2 Å². The molecule has 1 aromatic rings. The maximum Gasteiger partial charge on any atom is 0.0455 e. The predicted octanol–water partition coefficient (Wildman–Crippen LogP) is 5.32. The summed E-state index contributed by atoms with van der Waals surface area (Å²) in [6.45, 7) is 8.71. The van der Waals surface area contributed by atoms with Crippen LogP contribution in [0.4, 0.5) is 5.69 Å². The highest BCUT2D eigenvalue weighted by atomic mass is 35.5. The van der Waals surface area contributed by atoms with E-state index in [0.29, 0.717) is 0 Å². The number of anilines is 1. The molecule has 1 N–H and O–H groups in total. The largest absolute Gasteiger partial charge is 0.356 e. The first-order valence-corrected chi connectivity index (χ1v) is 6.67. The van der Waals surface area contributed by atoms with Gasteiger partial charge in [0.25, 0.3) is 0 Å². The second-order valence-corrected chi connectivity index (χ2v) is 6.25. The van der Waals surface area contributed by atoms with Crippen LogP contribution in [0.1, 0.15) is 32.8 Å². The van der Waals surface area contributed by atoms with Crippen LogP contribution in [0.5, 0.6) is 0 Å². The summed E-state index contributed by atoms with van der Waals surface area (Å²) in [5.41, 5.74) is 4.92. The van der Waals surface area contributed by atoms with Crippen molar-refractivity contribution in [3.8, 4) is 0 Å². The Kier molecular flexibility index (Phi) is 3.54. The number of allylic oxidation sites excluding steroid dienone is 3. The van der Waals surface area contributed by atoms with Gasteiger partial charge in [-0.25, -0.2) is 0 Å². The monoisotopic (exact) mass is 261 g/mol. The number of rotatable bonds is 2. The Morgan fingerprint density at radius 2 is 1.94 bits per heavy atom. The highest BCUT2D eigenvalue weighted by Gasteiger charge is 2.20. The van der Waals surface area contributed by atoms with E-state index in [1.54, 1.807) is 0 Å². The van der Waals surface area contributed by atoms with E-state index in [2.05, 4.69) is 44.3 Å². The Balaban J connectivity index is 2.23. The molecule has 0 radical (unpaired) electrons. The average Bonchev–Trinajstić information content (AvgIpc) is 2.20. The molecule has 0 saturated carbocycles. The van der Waals surface area contributed by atoms with Crippen LogP contribution >= 0.6 is 11.6 Å². The lowest BCUT2D eigenvalue weighted by Crippen LogP contribution is -2.15. The topological polar surface area (TPSA) is 12.0 Å². The van der Waals surface area contributed by atoms with E-state index < -0.39 is 0 Å². The highest BCUT2D eigenvalue weighted by Crippen LogP contribution is 2.33. The van der Waals surface area contributed by atoms with Crippen molar-refractivity contribution < 1.29 is 0 Å². The van der Waals surface area contributed by atoms with Crippen molar-refractivity contribution in [2.75, 3.05) is 5.32 Å². The lowest BCUT2D eigenvalue weighted by Gasteiger charge is -2.27. The fourth-order valence-corrected chi connectivity index (χ4v) is 2.64. The van der Waals surface area contributed by atoms with Crippen molar-refractivity contribution in [2.45, 2.75) is 34.1 Å². The van der Waals surface area contributed by atoms with Crippen LogP contribution in [0.25, 0.3) is 0 Å². The van der Waals surface area contributed by atoms with Crippen LogP contribution in [-0.2, 0) is 0 Å². The lowest BCUT2D eigenvalue weighted by molar-refractivity contribution is 0.467. The SMILES string of the molecule is CC1=CC(Nc2ccc(C)c(Cl)c2)=CC(C)(C)C1. The minimum Gasteiger partial charge on any atom is -0.356 e. The Bertz CT molecular complexity index is 524. The molecule has 1 aromatic carbocycles. The van der Waals surface area contributed by atoms with Gasteiger partial charge in [-0.1, -0.05) is 43.2 Å². The number of nitrogens with one attached hydrogen (secondary N) is 1. The summed E-state index contributed by atoms with van der Waals surface area (Å²) in [7, 11) is 0. The Morgan fingerprint density at radius 3 is 2.56 bits per heavy atom. The molecular formula is C16H20ClN. The molecule has 0 unspecified atom stereocenters. The second-order valence-electron chi connectivity index (χ2n) is 5.84. The molecule has 18 heavy (non-hydrogen) atoms. The van der Waals surface area contributed by atoms with Crippen molar-refractivity contribution in [3.63, 3.8) is 0 Å². The molecule has 1 aliphatic rings. The van der Waals surface area contributed by atoms with E-state index in [1.807, 2.05) is 19.1 Å². The van der Waals surface area contributed by atoms with Crippen LogP contribution in [0.3, 0.4) is 0 Å². The quantitative estimate of drug-likeness (QED) is 0.760. The molecule has 2 rings (SSSR count). The van der Waals surface area contributed by atoms with Gasteiger partial charge in [0.15, 0.2) is 0 Å². The second kappa shape index (κ2) is 4.81. The fraction of sp³-hybridized carbons (Fsp3) is 0.375. The molecule has 0 atom stereocenters. The molecule has 0 fully saturated rings. The summed E-state index contributed by atoms with van der Waals surface area (Å²) in [5, 5.41) is 4.24. The summed E-state index contributed by atoms with van der Waals surface area (Å²) in [6.07, 6.45) is 5.61. The van der Waals surface area contributed by atoms with Crippen LogP contribution < -0.4 is 5.32 Å². The predicted molar refractivity (Wildman–Crippen MR) is 80.0 cm³/mol. The van der Waals surface area contributed by atoms with E-state index in [0.717, 1.165) is 28.4 Å². The fourth-order valence-electron chi connectivity index (χ4n) is 2.46. The van der Waals surface area contributed by atoms with E-state index in [9.17, 15) is 0 Å². The summed E-state index contributed by atoms with van der Waals surface area (Å²) in [4.78, 5) is 0. The molecule has 0 bridgehead atoms. The zero-order valence-corrected chi connectivity index (χ0v) is 12.2. The third-order valence-corrected chi connectivity index (χ3v) is 3.55. The van der Waals surface area contributed by atoms with Gasteiger partial charge in [-0.3, -0.25) is 0 Å². The molecule has 0 aliphatic heterocycles. The van der Waals surface area contributed by atoms with Crippen LogP contribution in [0.15, 0.2) is 41.6 Å². The maximum atomic E-state index is 6.14. The van der Waals surface area contributed by atoms with Gasteiger partial charge in [-0.05, 0) is 49.5 Å². The maximum absolute atomic E-state index is 6.14. The minimum absolute atomic E-state index is 0.218. The molecule has 1 aliphatic carbocycles. The third kappa shape index (κ3) is 3.17. The number of benzene rings is 1. The number of hydrogen-bond acceptors (Lipinski definition) is 1. The summed E-state index contributed by atoms with van der Waals surface area (Å²) in [5.74, 6) is 0. The van der Waals surface area contributed by atoms with Crippen LogP contribution in [-0.4, -0.2) is 0 Å². The van der Waals surface area contributed by atoms with E-state index in [1.165, 1.54) is 5.57 Å². The van der Waals surface area contributed by atoms with Gasteiger partial charge in [-0.2, -0.15) is 0 Å². The number of hydrogen-bond donors (Lipinski definition) is 1. The van der Waals surface area contributed by atoms with Crippen LogP contribution in [0.2, 0.25) is 5.02 Å². The van der Waals surface area contributed by atoms with Crippen molar-refractivity contribution in [2.24, 2.45) is 5.41 Å². The van der Waals surface area contributed by atoms with Crippen molar-refractivity contribution in [1.29, 1.82) is 0 Å². The molecule has 0 aromatic heterocycles. The summed E-state index contributed by atoms with van der Waals surface area (Å²) >= 11 is 6.14. The van der Waals surface area contributed by atoms with Gasteiger partial charge < -0.3 is 5.32 Å². The lowest BCUT2D eigenvalue weighted by atomic mass is 9.81. The Labute approximate surface area is 115 Å². The smallest absolute Gasteiger partial charge is 0.0455 e. The molecule has 0 amide bonds. The zero-order chi connectivity index (χ0) is 13.3. The normalized spacial score (nSPS) is 18.1. The molecule has 0 heterocycles. The molecular weight excluding hydrogens is 242 g/mol. The first kappa shape index (κ1) is 13.2. The Morgan fingerprint density at radius 1 is 1.22 bits per heavy atom. The van der Waals surface area contributed by atoms with Crippen molar-refractivity contribution >= 4 is 17.3 Å². The van der Waals surface area contributed by atoms with Gasteiger partial charge in [-0.15, -0.1) is 0 Å². The first-order chi connectivity index (χ1) is 8.35.